The second-order valence-electron chi connectivity index (χ2n) is 5.10. The third kappa shape index (κ3) is 2.95. The summed E-state index contributed by atoms with van der Waals surface area (Å²) < 4.78 is 4.60. The van der Waals surface area contributed by atoms with E-state index in [2.05, 4.69) is 10.1 Å². The van der Waals surface area contributed by atoms with Gasteiger partial charge in [0.1, 0.15) is 0 Å². The summed E-state index contributed by atoms with van der Waals surface area (Å²) in [6.45, 7) is 1.82. The van der Waals surface area contributed by atoms with Crippen LogP contribution in [0.15, 0.2) is 30.3 Å². The van der Waals surface area contributed by atoms with Crippen LogP contribution in [-0.2, 0) is 19.7 Å². The van der Waals surface area contributed by atoms with Crippen molar-refractivity contribution in [3.8, 4) is 0 Å². The summed E-state index contributed by atoms with van der Waals surface area (Å²) in [5.74, 6) is -0.299. The van der Waals surface area contributed by atoms with Gasteiger partial charge in [-0.15, -0.1) is 0 Å². The van der Waals surface area contributed by atoms with Gasteiger partial charge in [0.05, 0.1) is 18.9 Å². The van der Waals surface area contributed by atoms with E-state index in [1.165, 1.54) is 7.11 Å². The third-order valence-electron chi connectivity index (χ3n) is 3.59. The Kier molecular flexibility index (Phi) is 3.88. The lowest BCUT2D eigenvalue weighted by Gasteiger charge is -2.19. The number of esters is 1. The summed E-state index contributed by atoms with van der Waals surface area (Å²) in [5.41, 5.74) is 0.670. The van der Waals surface area contributed by atoms with Crippen LogP contribution in [0.1, 0.15) is 31.7 Å². The van der Waals surface area contributed by atoms with Crippen LogP contribution in [0.2, 0.25) is 0 Å². The summed E-state index contributed by atoms with van der Waals surface area (Å²) >= 11 is 0. The fourth-order valence-electron chi connectivity index (χ4n) is 2.28. The number of carbonyl (C=O) groups is 2. The van der Waals surface area contributed by atoms with E-state index in [9.17, 15) is 9.59 Å². The lowest BCUT2D eigenvalue weighted by molar-refractivity contribution is -0.141. The Labute approximate surface area is 113 Å². The molecular weight excluding hydrogens is 242 g/mol. The topological polar surface area (TPSA) is 55.4 Å². The van der Waals surface area contributed by atoms with E-state index in [0.717, 1.165) is 18.4 Å². The van der Waals surface area contributed by atoms with Crippen molar-refractivity contribution in [1.82, 2.24) is 5.32 Å². The van der Waals surface area contributed by atoms with Crippen molar-refractivity contribution >= 4 is 11.9 Å². The highest BCUT2D eigenvalue weighted by molar-refractivity contribution is 5.91. The molecule has 1 fully saturated rings. The molecule has 0 aliphatic heterocycles. The van der Waals surface area contributed by atoms with E-state index in [1.807, 2.05) is 37.3 Å². The quantitative estimate of drug-likeness (QED) is 0.822. The molecular formula is C15H19NO3. The molecule has 1 unspecified atom stereocenters. The molecule has 1 aromatic rings. The van der Waals surface area contributed by atoms with E-state index in [-0.39, 0.29) is 29.8 Å². The molecule has 1 amide bonds. The van der Waals surface area contributed by atoms with Crippen LogP contribution in [0.3, 0.4) is 0 Å². The summed E-state index contributed by atoms with van der Waals surface area (Å²) in [6, 6.07) is 9.59. The second-order valence-corrected chi connectivity index (χ2v) is 5.10. The Morgan fingerprint density at radius 1 is 1.32 bits per heavy atom. The van der Waals surface area contributed by atoms with Crippen molar-refractivity contribution in [2.45, 2.75) is 37.6 Å². The summed E-state index contributed by atoms with van der Waals surface area (Å²) in [4.78, 5) is 23.5. The first-order valence-corrected chi connectivity index (χ1v) is 6.52. The number of ether oxygens (including phenoxy) is 1. The van der Waals surface area contributed by atoms with E-state index >= 15 is 0 Å². The van der Waals surface area contributed by atoms with E-state index in [4.69, 9.17) is 0 Å². The van der Waals surface area contributed by atoms with Gasteiger partial charge in [-0.25, -0.2) is 0 Å². The number of hydrogen-bond acceptors (Lipinski definition) is 3. The molecule has 1 N–H and O–H groups in total. The Hall–Kier alpha value is -1.84. The smallest absolute Gasteiger partial charge is 0.307 e. The highest BCUT2D eigenvalue weighted by Gasteiger charge is 2.51. The highest BCUT2D eigenvalue weighted by atomic mass is 16.5. The van der Waals surface area contributed by atoms with Gasteiger partial charge in [0.15, 0.2) is 0 Å². The molecule has 4 heteroatoms. The molecule has 0 radical (unpaired) electrons. The second kappa shape index (κ2) is 5.43. The largest absolute Gasteiger partial charge is 0.469 e. The number of nitrogens with one attached hydrogen (secondary N) is 1. The maximum absolute atomic E-state index is 12.3. The van der Waals surface area contributed by atoms with Crippen LogP contribution >= 0.6 is 0 Å². The zero-order valence-corrected chi connectivity index (χ0v) is 11.3. The van der Waals surface area contributed by atoms with Gasteiger partial charge in [-0.3, -0.25) is 9.59 Å². The molecule has 1 saturated carbocycles. The monoisotopic (exact) mass is 261 g/mol. The minimum atomic E-state index is -0.383. The molecule has 1 atom stereocenters. The van der Waals surface area contributed by atoms with Gasteiger partial charge in [-0.1, -0.05) is 30.3 Å². The van der Waals surface area contributed by atoms with Crippen molar-refractivity contribution in [3.63, 3.8) is 0 Å². The van der Waals surface area contributed by atoms with Crippen LogP contribution in [0.5, 0.6) is 0 Å². The molecule has 0 bridgehead atoms. The van der Waals surface area contributed by atoms with Gasteiger partial charge in [-0.05, 0) is 25.3 Å². The van der Waals surface area contributed by atoms with Gasteiger partial charge >= 0.3 is 5.97 Å². The lowest BCUT2D eigenvalue weighted by Crippen LogP contribution is -2.41. The van der Waals surface area contributed by atoms with Crippen LogP contribution in [-0.4, -0.2) is 25.0 Å². The average molecular weight is 261 g/mol. The van der Waals surface area contributed by atoms with Crippen molar-refractivity contribution in [2.75, 3.05) is 7.11 Å². The molecule has 1 aliphatic rings. The van der Waals surface area contributed by atoms with Gasteiger partial charge in [0, 0.05) is 6.04 Å². The fourth-order valence-corrected chi connectivity index (χ4v) is 2.28. The van der Waals surface area contributed by atoms with Crippen molar-refractivity contribution in [2.24, 2.45) is 0 Å². The first-order chi connectivity index (χ1) is 9.08. The van der Waals surface area contributed by atoms with Gasteiger partial charge in [0.2, 0.25) is 5.91 Å². The molecule has 2 rings (SSSR count). The zero-order valence-electron chi connectivity index (χ0n) is 11.3. The average Bonchev–Trinajstić information content (AvgIpc) is 3.21. The number of rotatable bonds is 5. The molecule has 102 valence electrons. The Balaban J connectivity index is 1.99. The maximum Gasteiger partial charge on any atom is 0.307 e. The SMILES string of the molecule is COC(=O)CC(C)NC(=O)C1(c2ccccc2)CC1. The van der Waals surface area contributed by atoms with Crippen LogP contribution in [0.25, 0.3) is 0 Å². The van der Waals surface area contributed by atoms with Crippen molar-refractivity contribution < 1.29 is 14.3 Å². The minimum absolute atomic E-state index is 0.00935. The third-order valence-corrected chi connectivity index (χ3v) is 3.59. The summed E-state index contributed by atoms with van der Waals surface area (Å²) in [7, 11) is 1.35. The van der Waals surface area contributed by atoms with Crippen LogP contribution in [0.4, 0.5) is 0 Å². The van der Waals surface area contributed by atoms with E-state index in [0.29, 0.717) is 0 Å². The number of hydrogen-bond donors (Lipinski definition) is 1. The zero-order chi connectivity index (χ0) is 13.9. The van der Waals surface area contributed by atoms with Gasteiger partial charge in [-0.2, -0.15) is 0 Å². The number of benzene rings is 1. The fraction of sp³-hybridized carbons (Fsp3) is 0.467. The summed E-state index contributed by atoms with van der Waals surface area (Å²) in [6.07, 6.45) is 1.94. The minimum Gasteiger partial charge on any atom is -0.469 e. The normalized spacial score (nSPS) is 17.4. The first-order valence-electron chi connectivity index (χ1n) is 6.52. The van der Waals surface area contributed by atoms with Gasteiger partial charge in [0.25, 0.3) is 0 Å². The Morgan fingerprint density at radius 3 is 2.47 bits per heavy atom. The van der Waals surface area contributed by atoms with Crippen molar-refractivity contribution in [3.05, 3.63) is 35.9 Å². The van der Waals surface area contributed by atoms with Crippen LogP contribution in [0, 0.1) is 0 Å². The van der Waals surface area contributed by atoms with E-state index < -0.39 is 0 Å². The van der Waals surface area contributed by atoms with Gasteiger partial charge < -0.3 is 10.1 Å². The number of methoxy groups -OCH3 is 1. The molecule has 0 heterocycles. The molecule has 0 spiro atoms. The molecule has 1 aliphatic carbocycles. The lowest BCUT2D eigenvalue weighted by atomic mass is 9.94. The van der Waals surface area contributed by atoms with E-state index in [1.54, 1.807) is 0 Å². The standard InChI is InChI=1S/C15H19NO3/c1-11(10-13(17)19-2)16-14(18)15(8-9-15)12-6-4-3-5-7-12/h3-7,11H,8-10H2,1-2H3,(H,16,18). The predicted molar refractivity (Wildman–Crippen MR) is 71.6 cm³/mol. The Bertz CT molecular complexity index is 466. The number of amides is 1. The molecule has 4 nitrogen and oxygen atoms in total. The first kappa shape index (κ1) is 13.6. The summed E-state index contributed by atoms with van der Waals surface area (Å²) in [5, 5.41) is 2.91. The highest BCUT2D eigenvalue weighted by Crippen LogP contribution is 2.48. The predicted octanol–water partition coefficient (Wildman–Crippen LogP) is 1.79. The Morgan fingerprint density at radius 2 is 1.95 bits per heavy atom. The number of carbonyl (C=O) groups excluding carboxylic acids is 2. The maximum atomic E-state index is 12.3. The molecule has 19 heavy (non-hydrogen) atoms. The van der Waals surface area contributed by atoms with Crippen molar-refractivity contribution in [1.29, 1.82) is 0 Å². The molecule has 0 aromatic heterocycles. The molecule has 0 saturated heterocycles. The van der Waals surface area contributed by atoms with Crippen LogP contribution < -0.4 is 5.32 Å². The molecule has 1 aromatic carbocycles.